The highest BCUT2D eigenvalue weighted by molar-refractivity contribution is 6.20. The van der Waals surface area contributed by atoms with Gasteiger partial charge in [-0.3, -0.25) is 0 Å². The molecule has 3 atom stereocenters. The third-order valence-electron chi connectivity index (χ3n) is 2.35. The zero-order valence-corrected chi connectivity index (χ0v) is 8.38. The summed E-state index contributed by atoms with van der Waals surface area (Å²) in [6.45, 7) is 0. The first kappa shape index (κ1) is 9.78. The van der Waals surface area contributed by atoms with Crippen molar-refractivity contribution in [1.82, 2.24) is 0 Å². The van der Waals surface area contributed by atoms with Gasteiger partial charge in [0.15, 0.2) is 0 Å². The van der Waals surface area contributed by atoms with E-state index in [2.05, 4.69) is 6.07 Å². The highest BCUT2D eigenvalue weighted by atomic mass is 35.5. The van der Waals surface area contributed by atoms with E-state index in [-0.39, 0.29) is 11.5 Å². The number of hydrogen-bond acceptors (Lipinski definition) is 1. The van der Waals surface area contributed by atoms with Gasteiger partial charge in [-0.15, -0.1) is 11.6 Å². The molecule has 75 valence electrons. The number of halogens is 2. The van der Waals surface area contributed by atoms with Gasteiger partial charge in [0.1, 0.15) is 18.0 Å². The van der Waals surface area contributed by atoms with Crippen LogP contribution in [0.2, 0.25) is 0 Å². The summed E-state index contributed by atoms with van der Waals surface area (Å²) in [4.78, 5) is 0. The van der Waals surface area contributed by atoms with Gasteiger partial charge in [-0.2, -0.15) is 0 Å². The van der Waals surface area contributed by atoms with Crippen molar-refractivity contribution in [1.29, 1.82) is 0 Å². The van der Waals surface area contributed by atoms with Crippen LogP contribution in [0.25, 0.3) is 0 Å². The zero-order valence-electron chi connectivity index (χ0n) is 7.62. The maximum Gasteiger partial charge on any atom is 0.138 e. The number of rotatable bonds is 2. The molecule has 14 heavy (non-hydrogen) atoms. The van der Waals surface area contributed by atoms with E-state index in [4.69, 9.17) is 16.3 Å². The van der Waals surface area contributed by atoms with Gasteiger partial charge in [-0.25, -0.2) is 4.39 Å². The van der Waals surface area contributed by atoms with Crippen LogP contribution in [0.15, 0.2) is 24.3 Å². The molecular weight excluding hydrogens is 203 g/mol. The first-order chi connectivity index (χ1) is 6.75. The molecule has 1 aliphatic rings. The summed E-state index contributed by atoms with van der Waals surface area (Å²) >= 11 is 5.84. The van der Waals surface area contributed by atoms with Crippen LogP contribution in [0.3, 0.4) is 0 Å². The minimum Gasteiger partial charge on any atom is -0.487 e. The van der Waals surface area contributed by atoms with Crippen molar-refractivity contribution >= 4 is 11.6 Å². The summed E-state index contributed by atoms with van der Waals surface area (Å²) < 4.78 is 18.8. The molecule has 0 spiro atoms. The Labute approximate surface area is 87.8 Å². The van der Waals surface area contributed by atoms with Crippen LogP contribution in [0.4, 0.5) is 4.39 Å². The van der Waals surface area contributed by atoms with Crippen molar-refractivity contribution in [3.8, 4) is 5.75 Å². The Hall–Kier alpha value is -0.760. The van der Waals surface area contributed by atoms with Crippen molar-refractivity contribution in [2.45, 2.75) is 30.5 Å². The first-order valence-electron chi connectivity index (χ1n) is 4.66. The lowest BCUT2D eigenvalue weighted by atomic mass is 10.3. The van der Waals surface area contributed by atoms with Gasteiger partial charge in [-0.1, -0.05) is 12.1 Å². The monoisotopic (exact) mass is 213 g/mol. The summed E-state index contributed by atoms with van der Waals surface area (Å²) in [5, 5.41) is -0.0923. The molecule has 1 saturated carbocycles. The smallest absolute Gasteiger partial charge is 0.138 e. The summed E-state index contributed by atoms with van der Waals surface area (Å²) in [6.07, 6.45) is -0.353. The molecule has 0 aliphatic heterocycles. The largest absolute Gasteiger partial charge is 0.487 e. The topological polar surface area (TPSA) is 9.23 Å². The van der Waals surface area contributed by atoms with Gasteiger partial charge in [0.05, 0.1) is 0 Å². The average molecular weight is 214 g/mol. The van der Waals surface area contributed by atoms with Crippen molar-refractivity contribution in [2.75, 3.05) is 0 Å². The molecule has 3 heteroatoms. The average Bonchev–Trinajstić information content (AvgIpc) is 2.47. The van der Waals surface area contributed by atoms with E-state index in [1.165, 1.54) is 0 Å². The third-order valence-corrected chi connectivity index (χ3v) is 2.70. The van der Waals surface area contributed by atoms with Gasteiger partial charge in [-0.05, 0) is 24.6 Å². The molecule has 1 aliphatic carbocycles. The van der Waals surface area contributed by atoms with Gasteiger partial charge in [0, 0.05) is 11.8 Å². The Morgan fingerprint density at radius 2 is 2.07 bits per heavy atom. The Morgan fingerprint density at radius 1 is 1.36 bits per heavy atom. The first-order valence-corrected chi connectivity index (χ1v) is 5.10. The predicted molar refractivity (Wildman–Crippen MR) is 53.5 cm³/mol. The second-order valence-electron chi connectivity index (χ2n) is 3.48. The lowest BCUT2D eigenvalue weighted by Gasteiger charge is -2.15. The molecule has 0 bridgehead atoms. The standard InChI is InChI=1S/C11H11ClFO/c12-8-6-10(13)11(7-8)14-9-4-2-1-3-5-9/h2-5,8,10-11H,6-7H2. The van der Waals surface area contributed by atoms with E-state index in [0.29, 0.717) is 18.6 Å². The molecule has 3 unspecified atom stereocenters. The summed E-state index contributed by atoms with van der Waals surface area (Å²) in [5.74, 6) is 0.683. The number of hydrogen-bond donors (Lipinski definition) is 0. The highest BCUT2D eigenvalue weighted by Gasteiger charge is 2.34. The van der Waals surface area contributed by atoms with Crippen molar-refractivity contribution < 1.29 is 9.13 Å². The minimum absolute atomic E-state index is 0.0923. The Morgan fingerprint density at radius 3 is 2.64 bits per heavy atom. The summed E-state index contributed by atoms with van der Waals surface area (Å²) in [5.41, 5.74) is 0. The lowest BCUT2D eigenvalue weighted by molar-refractivity contribution is 0.125. The lowest BCUT2D eigenvalue weighted by Crippen LogP contribution is -2.22. The number of benzene rings is 1. The normalized spacial score (nSPS) is 31.7. The van der Waals surface area contributed by atoms with Crippen molar-refractivity contribution in [2.24, 2.45) is 0 Å². The van der Waals surface area contributed by atoms with E-state index >= 15 is 0 Å². The molecule has 0 amide bonds. The quantitative estimate of drug-likeness (QED) is 0.687. The van der Waals surface area contributed by atoms with Gasteiger partial charge in [0.25, 0.3) is 0 Å². The van der Waals surface area contributed by atoms with Gasteiger partial charge < -0.3 is 4.74 Å². The van der Waals surface area contributed by atoms with Crippen molar-refractivity contribution in [3.05, 3.63) is 30.3 Å². The van der Waals surface area contributed by atoms with E-state index in [9.17, 15) is 4.39 Å². The van der Waals surface area contributed by atoms with Crippen LogP contribution in [-0.2, 0) is 0 Å². The fraction of sp³-hybridized carbons (Fsp3) is 0.455. The second-order valence-corrected chi connectivity index (χ2v) is 4.09. The molecule has 0 heterocycles. The van der Waals surface area contributed by atoms with Crippen LogP contribution in [0.5, 0.6) is 5.75 Å². The zero-order chi connectivity index (χ0) is 9.97. The molecule has 1 aromatic rings. The molecule has 0 saturated heterocycles. The highest BCUT2D eigenvalue weighted by Crippen LogP contribution is 2.30. The number of alkyl halides is 2. The predicted octanol–water partition coefficient (Wildman–Crippen LogP) is 2.97. The van der Waals surface area contributed by atoms with E-state index in [1.54, 1.807) is 24.3 Å². The van der Waals surface area contributed by atoms with Gasteiger partial charge in [0.2, 0.25) is 0 Å². The second kappa shape index (κ2) is 4.18. The van der Waals surface area contributed by atoms with Crippen LogP contribution >= 0.6 is 11.6 Å². The third kappa shape index (κ3) is 2.18. The van der Waals surface area contributed by atoms with Crippen LogP contribution in [-0.4, -0.2) is 17.7 Å². The fourth-order valence-corrected chi connectivity index (χ4v) is 1.98. The molecule has 2 rings (SSSR count). The number of ether oxygens (including phenoxy) is 1. The molecule has 0 aromatic heterocycles. The molecule has 1 radical (unpaired) electrons. The van der Waals surface area contributed by atoms with E-state index in [1.807, 2.05) is 0 Å². The Bertz CT molecular complexity index is 291. The molecule has 1 nitrogen and oxygen atoms in total. The molecule has 0 N–H and O–H groups in total. The molecule has 1 aromatic carbocycles. The van der Waals surface area contributed by atoms with Gasteiger partial charge >= 0.3 is 0 Å². The minimum atomic E-state index is -0.943. The molecule has 1 fully saturated rings. The molecular formula is C11H11ClFO. The Kier molecular flexibility index (Phi) is 2.92. The maximum absolute atomic E-state index is 13.3. The van der Waals surface area contributed by atoms with E-state index < -0.39 is 6.17 Å². The van der Waals surface area contributed by atoms with Crippen molar-refractivity contribution in [3.63, 3.8) is 0 Å². The van der Waals surface area contributed by atoms with E-state index in [0.717, 1.165) is 0 Å². The Balaban J connectivity index is 1.98. The maximum atomic E-state index is 13.3. The van der Waals surface area contributed by atoms with Crippen LogP contribution in [0, 0.1) is 6.07 Å². The van der Waals surface area contributed by atoms with Crippen LogP contribution < -0.4 is 4.74 Å². The SMILES string of the molecule is FC1CC(Cl)CC1Oc1cc[c]cc1. The fourth-order valence-electron chi connectivity index (χ4n) is 1.64. The summed E-state index contributed by atoms with van der Waals surface area (Å²) in [7, 11) is 0. The van der Waals surface area contributed by atoms with Crippen LogP contribution in [0.1, 0.15) is 12.8 Å². The summed E-state index contributed by atoms with van der Waals surface area (Å²) in [6, 6.07) is 9.91.